The number of carbonyl (C=O) groups is 1. The van der Waals surface area contributed by atoms with Crippen LogP contribution in [0.25, 0.3) is 0 Å². The SMILES string of the molecule is Cn1cnnc1SCCC(C)(N)C(=O)O. The summed E-state index contributed by atoms with van der Waals surface area (Å²) >= 11 is 1.44. The van der Waals surface area contributed by atoms with Crippen LogP contribution in [0.4, 0.5) is 0 Å². The molecule has 1 atom stereocenters. The Hall–Kier alpha value is -1.08. The van der Waals surface area contributed by atoms with Crippen LogP contribution in [-0.4, -0.2) is 37.1 Å². The molecule has 0 spiro atoms. The van der Waals surface area contributed by atoms with E-state index in [-0.39, 0.29) is 0 Å². The first-order chi connectivity index (χ1) is 6.93. The van der Waals surface area contributed by atoms with Gasteiger partial charge in [-0.15, -0.1) is 10.2 Å². The van der Waals surface area contributed by atoms with Crippen LogP contribution in [0.2, 0.25) is 0 Å². The van der Waals surface area contributed by atoms with E-state index in [1.807, 2.05) is 7.05 Å². The molecule has 6 nitrogen and oxygen atoms in total. The van der Waals surface area contributed by atoms with Gasteiger partial charge in [-0.1, -0.05) is 11.8 Å². The van der Waals surface area contributed by atoms with E-state index in [9.17, 15) is 4.79 Å². The third kappa shape index (κ3) is 3.21. The molecule has 1 aromatic rings. The lowest BCUT2D eigenvalue weighted by molar-refractivity contribution is -0.142. The average molecular weight is 230 g/mol. The number of aromatic nitrogens is 3. The van der Waals surface area contributed by atoms with E-state index < -0.39 is 11.5 Å². The van der Waals surface area contributed by atoms with Crippen molar-refractivity contribution in [2.75, 3.05) is 5.75 Å². The maximum absolute atomic E-state index is 10.7. The summed E-state index contributed by atoms with van der Waals surface area (Å²) in [5, 5.41) is 17.1. The molecule has 1 aromatic heterocycles. The second-order valence-corrected chi connectivity index (χ2v) is 4.61. The molecule has 7 heteroatoms. The number of thioether (sulfide) groups is 1. The Morgan fingerprint density at radius 3 is 2.93 bits per heavy atom. The van der Waals surface area contributed by atoms with Crippen LogP contribution in [0.1, 0.15) is 13.3 Å². The zero-order valence-electron chi connectivity index (χ0n) is 8.67. The zero-order valence-corrected chi connectivity index (χ0v) is 9.49. The van der Waals surface area contributed by atoms with Gasteiger partial charge in [-0.05, 0) is 13.3 Å². The molecule has 1 heterocycles. The Bertz CT molecular complexity index is 350. The van der Waals surface area contributed by atoms with Gasteiger partial charge in [0.05, 0.1) is 0 Å². The second kappa shape index (κ2) is 4.63. The molecule has 1 rings (SSSR count). The minimum absolute atomic E-state index is 0.389. The maximum Gasteiger partial charge on any atom is 0.323 e. The molecule has 0 aliphatic rings. The highest BCUT2D eigenvalue weighted by Gasteiger charge is 2.27. The van der Waals surface area contributed by atoms with Crippen LogP contribution in [0.5, 0.6) is 0 Å². The van der Waals surface area contributed by atoms with Crippen LogP contribution in [0, 0.1) is 0 Å². The van der Waals surface area contributed by atoms with Gasteiger partial charge < -0.3 is 15.4 Å². The van der Waals surface area contributed by atoms with E-state index in [1.54, 1.807) is 10.9 Å². The average Bonchev–Trinajstić information content (AvgIpc) is 2.51. The normalized spacial score (nSPS) is 14.9. The zero-order chi connectivity index (χ0) is 11.5. The van der Waals surface area contributed by atoms with Crippen molar-refractivity contribution in [2.24, 2.45) is 12.8 Å². The largest absolute Gasteiger partial charge is 0.480 e. The minimum Gasteiger partial charge on any atom is -0.480 e. The van der Waals surface area contributed by atoms with Gasteiger partial charge in [0.2, 0.25) is 0 Å². The molecule has 3 N–H and O–H groups in total. The highest BCUT2D eigenvalue weighted by molar-refractivity contribution is 7.99. The van der Waals surface area contributed by atoms with Crippen molar-refractivity contribution in [2.45, 2.75) is 24.0 Å². The van der Waals surface area contributed by atoms with Crippen LogP contribution >= 0.6 is 11.8 Å². The molecule has 0 bridgehead atoms. The molecule has 0 aliphatic heterocycles. The van der Waals surface area contributed by atoms with Crippen molar-refractivity contribution in [3.63, 3.8) is 0 Å². The molecule has 0 aliphatic carbocycles. The summed E-state index contributed by atoms with van der Waals surface area (Å²) in [5.74, 6) is -0.382. The number of carboxylic acid groups (broad SMARTS) is 1. The van der Waals surface area contributed by atoms with Crippen LogP contribution < -0.4 is 5.73 Å². The smallest absolute Gasteiger partial charge is 0.323 e. The fraction of sp³-hybridized carbons (Fsp3) is 0.625. The van der Waals surface area contributed by atoms with Crippen molar-refractivity contribution in [3.05, 3.63) is 6.33 Å². The predicted octanol–water partition coefficient (Wildman–Crippen LogP) is 0.0993. The van der Waals surface area contributed by atoms with Crippen molar-refractivity contribution in [3.8, 4) is 0 Å². The van der Waals surface area contributed by atoms with Gasteiger partial charge in [-0.3, -0.25) is 4.79 Å². The Balaban J connectivity index is 2.40. The first-order valence-corrected chi connectivity index (χ1v) is 5.41. The van der Waals surface area contributed by atoms with Crippen LogP contribution in [0.3, 0.4) is 0 Å². The van der Waals surface area contributed by atoms with Gasteiger partial charge in [0.15, 0.2) is 5.16 Å². The Morgan fingerprint density at radius 2 is 2.47 bits per heavy atom. The summed E-state index contributed by atoms with van der Waals surface area (Å²) in [6, 6.07) is 0. The molecular formula is C8H14N4O2S. The van der Waals surface area contributed by atoms with Gasteiger partial charge in [0.25, 0.3) is 0 Å². The lowest BCUT2D eigenvalue weighted by Gasteiger charge is -2.17. The predicted molar refractivity (Wildman–Crippen MR) is 56.6 cm³/mol. The van der Waals surface area contributed by atoms with E-state index in [0.29, 0.717) is 12.2 Å². The number of hydrogen-bond acceptors (Lipinski definition) is 5. The third-order valence-corrected chi connectivity index (χ3v) is 3.05. The molecule has 0 saturated heterocycles. The summed E-state index contributed by atoms with van der Waals surface area (Å²) < 4.78 is 1.78. The number of aliphatic carboxylic acids is 1. The van der Waals surface area contributed by atoms with E-state index in [1.165, 1.54) is 18.7 Å². The lowest BCUT2D eigenvalue weighted by atomic mass is 10.0. The number of aryl methyl sites for hydroxylation is 1. The first kappa shape index (κ1) is 12.0. The highest BCUT2D eigenvalue weighted by Crippen LogP contribution is 2.18. The van der Waals surface area contributed by atoms with Crippen molar-refractivity contribution in [1.29, 1.82) is 0 Å². The van der Waals surface area contributed by atoms with Crippen molar-refractivity contribution < 1.29 is 9.90 Å². The third-order valence-electron chi connectivity index (χ3n) is 2.01. The van der Waals surface area contributed by atoms with Gasteiger partial charge >= 0.3 is 5.97 Å². The fourth-order valence-electron chi connectivity index (χ4n) is 0.865. The number of nitrogens with zero attached hydrogens (tertiary/aromatic N) is 3. The van der Waals surface area contributed by atoms with E-state index in [2.05, 4.69) is 10.2 Å². The van der Waals surface area contributed by atoms with E-state index in [4.69, 9.17) is 10.8 Å². The molecule has 0 amide bonds. The molecule has 0 radical (unpaired) electrons. The fourth-order valence-corrected chi connectivity index (χ4v) is 1.93. The topological polar surface area (TPSA) is 94.0 Å². The van der Waals surface area contributed by atoms with Crippen molar-refractivity contribution >= 4 is 17.7 Å². The Morgan fingerprint density at radius 1 is 1.80 bits per heavy atom. The maximum atomic E-state index is 10.7. The second-order valence-electron chi connectivity index (χ2n) is 3.55. The molecule has 1 unspecified atom stereocenters. The summed E-state index contributed by atoms with van der Waals surface area (Å²) in [4.78, 5) is 10.7. The minimum atomic E-state index is -1.18. The number of hydrogen-bond donors (Lipinski definition) is 2. The molecule has 0 fully saturated rings. The summed E-state index contributed by atoms with van der Waals surface area (Å²) in [5.41, 5.74) is 4.41. The molecule has 0 aromatic carbocycles. The standard InChI is InChI=1S/C8H14N4O2S/c1-8(9,6(13)14)3-4-15-7-11-10-5-12(7)2/h5H,3-4,9H2,1-2H3,(H,13,14). The quantitative estimate of drug-likeness (QED) is 0.697. The number of rotatable bonds is 5. The van der Waals surface area contributed by atoms with E-state index in [0.717, 1.165) is 5.16 Å². The van der Waals surface area contributed by atoms with E-state index >= 15 is 0 Å². The summed E-state index contributed by atoms with van der Waals surface area (Å²) in [6.07, 6.45) is 1.99. The van der Waals surface area contributed by atoms with Gasteiger partial charge in [0, 0.05) is 12.8 Å². The lowest BCUT2D eigenvalue weighted by Crippen LogP contribution is -2.45. The van der Waals surface area contributed by atoms with Gasteiger partial charge in [0.1, 0.15) is 11.9 Å². The van der Waals surface area contributed by atoms with Gasteiger partial charge in [-0.25, -0.2) is 0 Å². The van der Waals surface area contributed by atoms with Gasteiger partial charge in [-0.2, -0.15) is 0 Å². The monoisotopic (exact) mass is 230 g/mol. The summed E-state index contributed by atoms with van der Waals surface area (Å²) in [6.45, 7) is 1.51. The highest BCUT2D eigenvalue weighted by atomic mass is 32.2. The van der Waals surface area contributed by atoms with Crippen LogP contribution in [-0.2, 0) is 11.8 Å². The first-order valence-electron chi connectivity index (χ1n) is 4.42. The molecular weight excluding hydrogens is 216 g/mol. The molecule has 15 heavy (non-hydrogen) atoms. The Labute approximate surface area is 91.9 Å². The summed E-state index contributed by atoms with van der Waals surface area (Å²) in [7, 11) is 1.83. The Kier molecular flexibility index (Phi) is 3.70. The number of nitrogens with two attached hydrogens (primary N) is 1. The van der Waals surface area contributed by atoms with Crippen molar-refractivity contribution in [1.82, 2.24) is 14.8 Å². The molecule has 84 valence electrons. The number of carboxylic acids is 1. The molecule has 0 saturated carbocycles. The van der Waals surface area contributed by atoms with Crippen LogP contribution in [0.15, 0.2) is 11.5 Å².